The van der Waals surface area contributed by atoms with E-state index in [1.807, 2.05) is 23.8 Å². The van der Waals surface area contributed by atoms with Crippen molar-refractivity contribution in [2.75, 3.05) is 0 Å². The first-order valence-corrected chi connectivity index (χ1v) is 8.85. The Kier molecular flexibility index (Phi) is 5.03. The van der Waals surface area contributed by atoms with E-state index in [4.69, 9.17) is 0 Å². The predicted molar refractivity (Wildman–Crippen MR) is 87.0 cm³/mol. The first-order valence-electron chi connectivity index (χ1n) is 7.36. The lowest BCUT2D eigenvalue weighted by atomic mass is 10.2. The summed E-state index contributed by atoms with van der Waals surface area (Å²) < 4.78 is 29.5. The summed E-state index contributed by atoms with van der Waals surface area (Å²) in [5.74, 6) is 1.20. The molecule has 2 rings (SSSR count). The van der Waals surface area contributed by atoms with Crippen LogP contribution in [0.15, 0.2) is 35.5 Å². The lowest BCUT2D eigenvalue weighted by Gasteiger charge is -2.12. The van der Waals surface area contributed by atoms with Crippen LogP contribution >= 0.6 is 0 Å². The highest BCUT2D eigenvalue weighted by Crippen LogP contribution is 2.16. The number of nitrogens with one attached hydrogen (secondary N) is 1. The number of sulfonamides is 1. The highest BCUT2D eigenvalue weighted by atomic mass is 32.2. The van der Waals surface area contributed by atoms with E-state index in [1.54, 1.807) is 25.3 Å². The normalized spacial score (nSPS) is 12.0. The Balaban J connectivity index is 2.15. The Bertz CT molecular complexity index is 749. The van der Waals surface area contributed by atoms with Gasteiger partial charge >= 0.3 is 0 Å². The molecule has 0 unspecified atom stereocenters. The van der Waals surface area contributed by atoms with Crippen molar-refractivity contribution in [3.63, 3.8) is 0 Å². The van der Waals surface area contributed by atoms with E-state index in [0.717, 1.165) is 23.5 Å². The molecule has 22 heavy (non-hydrogen) atoms. The van der Waals surface area contributed by atoms with Gasteiger partial charge in [0.25, 0.3) is 0 Å². The second kappa shape index (κ2) is 6.62. The van der Waals surface area contributed by atoms with E-state index in [0.29, 0.717) is 10.8 Å². The molecule has 1 N–H and O–H groups in total. The van der Waals surface area contributed by atoms with Crippen LogP contribution in [0.5, 0.6) is 0 Å². The first kappa shape index (κ1) is 16.7. The minimum atomic E-state index is -3.53. The van der Waals surface area contributed by atoms with E-state index < -0.39 is 10.0 Å². The van der Waals surface area contributed by atoms with Crippen molar-refractivity contribution in [1.82, 2.24) is 14.3 Å². The maximum Gasteiger partial charge on any atom is 0.241 e. The van der Waals surface area contributed by atoms with Gasteiger partial charge in [-0.15, -0.1) is 0 Å². The summed E-state index contributed by atoms with van der Waals surface area (Å²) in [6.07, 6.45) is 3.57. The van der Waals surface area contributed by atoms with Crippen molar-refractivity contribution in [3.8, 4) is 0 Å². The zero-order valence-electron chi connectivity index (χ0n) is 13.5. The van der Waals surface area contributed by atoms with Gasteiger partial charge in [-0.2, -0.15) is 0 Å². The Labute approximate surface area is 132 Å². The van der Waals surface area contributed by atoms with Gasteiger partial charge in [0.05, 0.1) is 11.4 Å². The third-order valence-corrected chi connectivity index (χ3v) is 4.97. The average Bonchev–Trinajstić information content (AvgIpc) is 2.82. The fraction of sp³-hybridized carbons (Fsp3) is 0.438. The highest BCUT2D eigenvalue weighted by Gasteiger charge is 2.17. The molecule has 120 valence electrons. The molecular weight excluding hydrogens is 298 g/mol. The Morgan fingerprint density at radius 3 is 2.64 bits per heavy atom. The molecule has 1 aromatic carbocycles. The molecule has 0 radical (unpaired) electrons. The van der Waals surface area contributed by atoms with Gasteiger partial charge in [-0.3, -0.25) is 0 Å². The van der Waals surface area contributed by atoms with E-state index in [1.165, 1.54) is 0 Å². The van der Waals surface area contributed by atoms with Crippen LogP contribution in [0.2, 0.25) is 0 Å². The van der Waals surface area contributed by atoms with Crippen molar-refractivity contribution < 1.29 is 8.42 Å². The topological polar surface area (TPSA) is 64.0 Å². The molecule has 5 nitrogen and oxygen atoms in total. The van der Waals surface area contributed by atoms with Gasteiger partial charge in [-0.1, -0.05) is 31.5 Å². The summed E-state index contributed by atoms with van der Waals surface area (Å²) in [7, 11) is -3.53. The second-order valence-electron chi connectivity index (χ2n) is 5.98. The summed E-state index contributed by atoms with van der Waals surface area (Å²) >= 11 is 0. The number of nitrogens with zero attached hydrogens (tertiary/aromatic N) is 2. The number of aromatic nitrogens is 2. The van der Waals surface area contributed by atoms with Crippen LogP contribution in [0, 0.1) is 19.8 Å². The molecule has 0 amide bonds. The fourth-order valence-electron chi connectivity index (χ4n) is 2.41. The van der Waals surface area contributed by atoms with Gasteiger partial charge in [0.1, 0.15) is 5.82 Å². The molecule has 2 aromatic rings. The lowest BCUT2D eigenvalue weighted by Crippen LogP contribution is -2.26. The van der Waals surface area contributed by atoms with E-state index >= 15 is 0 Å². The third kappa shape index (κ3) is 3.96. The van der Waals surface area contributed by atoms with Crippen LogP contribution in [-0.2, 0) is 23.1 Å². The molecule has 0 spiro atoms. The summed E-state index contributed by atoms with van der Waals surface area (Å²) in [6, 6.07) is 5.32. The first-order chi connectivity index (χ1) is 10.3. The second-order valence-corrected chi connectivity index (χ2v) is 7.72. The average molecular weight is 321 g/mol. The molecule has 0 saturated heterocycles. The monoisotopic (exact) mass is 321 g/mol. The number of rotatable bonds is 6. The predicted octanol–water partition coefficient (Wildman–Crippen LogP) is 2.63. The summed E-state index contributed by atoms with van der Waals surface area (Å²) in [5.41, 5.74) is 1.79. The van der Waals surface area contributed by atoms with Gasteiger partial charge in [0.2, 0.25) is 10.0 Å². The fourth-order valence-corrected chi connectivity index (χ4v) is 3.61. The SMILES string of the molecule is Cc1ccc(S(=O)(=O)NCc2nccn2CC(C)C)c(C)c1. The zero-order valence-corrected chi connectivity index (χ0v) is 14.3. The largest absolute Gasteiger partial charge is 0.334 e. The number of hydrogen-bond acceptors (Lipinski definition) is 3. The van der Waals surface area contributed by atoms with Crippen LogP contribution in [0.25, 0.3) is 0 Å². The molecule has 0 aliphatic rings. The molecule has 0 aliphatic heterocycles. The van der Waals surface area contributed by atoms with Crippen LogP contribution in [-0.4, -0.2) is 18.0 Å². The lowest BCUT2D eigenvalue weighted by molar-refractivity contribution is 0.502. The van der Waals surface area contributed by atoms with Crippen molar-refractivity contribution in [1.29, 1.82) is 0 Å². The molecule has 6 heteroatoms. The van der Waals surface area contributed by atoms with Crippen molar-refractivity contribution in [2.45, 2.75) is 45.7 Å². The summed E-state index contributed by atoms with van der Waals surface area (Å²) in [4.78, 5) is 4.56. The van der Waals surface area contributed by atoms with Gasteiger partial charge in [-0.25, -0.2) is 18.1 Å². The van der Waals surface area contributed by atoms with E-state index in [-0.39, 0.29) is 6.54 Å². The minimum absolute atomic E-state index is 0.190. The molecule has 1 aromatic heterocycles. The molecule has 0 bridgehead atoms. The number of imidazole rings is 1. The molecular formula is C16H23N3O2S. The van der Waals surface area contributed by atoms with Crippen LogP contribution in [0.4, 0.5) is 0 Å². The van der Waals surface area contributed by atoms with Crippen LogP contribution in [0.1, 0.15) is 30.8 Å². The molecule has 0 atom stereocenters. The summed E-state index contributed by atoms with van der Waals surface area (Å²) in [6.45, 7) is 8.99. The molecule has 0 aliphatic carbocycles. The highest BCUT2D eigenvalue weighted by molar-refractivity contribution is 7.89. The van der Waals surface area contributed by atoms with Gasteiger partial charge in [0, 0.05) is 18.9 Å². The summed E-state index contributed by atoms with van der Waals surface area (Å²) in [5, 5.41) is 0. The Hall–Kier alpha value is -1.66. The quantitative estimate of drug-likeness (QED) is 0.889. The van der Waals surface area contributed by atoms with Crippen LogP contribution < -0.4 is 4.72 Å². The van der Waals surface area contributed by atoms with E-state index in [2.05, 4.69) is 23.6 Å². The standard InChI is InChI=1S/C16H23N3O2S/c1-12(2)11-19-8-7-17-16(19)10-18-22(20,21)15-6-5-13(3)9-14(15)4/h5-9,12,18H,10-11H2,1-4H3. The third-order valence-electron chi connectivity index (χ3n) is 3.40. The maximum absolute atomic E-state index is 12.4. The number of hydrogen-bond donors (Lipinski definition) is 1. The molecule has 0 fully saturated rings. The van der Waals surface area contributed by atoms with Crippen LogP contribution in [0.3, 0.4) is 0 Å². The van der Waals surface area contributed by atoms with Crippen molar-refractivity contribution in [2.24, 2.45) is 5.92 Å². The van der Waals surface area contributed by atoms with Gasteiger partial charge < -0.3 is 4.57 Å². The number of benzene rings is 1. The van der Waals surface area contributed by atoms with Gasteiger partial charge in [-0.05, 0) is 31.4 Å². The smallest absolute Gasteiger partial charge is 0.241 e. The maximum atomic E-state index is 12.4. The van der Waals surface area contributed by atoms with Crippen molar-refractivity contribution >= 4 is 10.0 Å². The number of aryl methyl sites for hydroxylation is 2. The minimum Gasteiger partial charge on any atom is -0.334 e. The Morgan fingerprint density at radius 1 is 1.27 bits per heavy atom. The molecule has 1 heterocycles. The molecule has 0 saturated carbocycles. The van der Waals surface area contributed by atoms with Crippen molar-refractivity contribution in [3.05, 3.63) is 47.5 Å². The zero-order chi connectivity index (χ0) is 16.3. The van der Waals surface area contributed by atoms with Gasteiger partial charge in [0.15, 0.2) is 0 Å². The Morgan fingerprint density at radius 2 is 2.00 bits per heavy atom. The van der Waals surface area contributed by atoms with E-state index in [9.17, 15) is 8.42 Å².